The fraction of sp³-hybridized carbons (Fsp3) is 0.100. The second-order valence-electron chi connectivity index (χ2n) is 6.05. The van der Waals surface area contributed by atoms with Crippen LogP contribution in [0.1, 0.15) is 16.8 Å². The van der Waals surface area contributed by atoms with E-state index in [0.29, 0.717) is 5.56 Å². The van der Waals surface area contributed by atoms with Gasteiger partial charge in [0.2, 0.25) is 15.8 Å². The molecule has 0 aliphatic rings. The average Bonchev–Trinajstić information content (AvgIpc) is 2.66. The molecule has 0 spiro atoms. The van der Waals surface area contributed by atoms with Crippen molar-refractivity contribution in [3.63, 3.8) is 0 Å². The predicted molar refractivity (Wildman–Crippen MR) is 99.9 cm³/mol. The van der Waals surface area contributed by atoms with E-state index in [1.54, 1.807) is 18.2 Å². The van der Waals surface area contributed by atoms with Crippen molar-refractivity contribution in [1.82, 2.24) is 9.97 Å². The molecule has 2 aromatic heterocycles. The van der Waals surface area contributed by atoms with E-state index in [0.717, 1.165) is 24.3 Å². The zero-order chi connectivity index (χ0) is 21.2. The molecule has 0 atom stereocenters. The van der Waals surface area contributed by atoms with Gasteiger partial charge in [-0.15, -0.1) is 0 Å². The maximum atomic E-state index is 13.5. The smallest absolute Gasteiger partial charge is 0.251 e. The molecule has 0 radical (unpaired) electrons. The maximum absolute atomic E-state index is 13.5. The molecular formula is C20H14F4N2O2S. The highest BCUT2D eigenvalue weighted by Gasteiger charge is 2.35. The lowest BCUT2D eigenvalue weighted by Crippen LogP contribution is -2.13. The number of hydrogen-bond acceptors (Lipinski definition) is 4. The third-order valence-corrected chi connectivity index (χ3v) is 5.58. The first-order valence-electron chi connectivity index (χ1n) is 8.26. The van der Waals surface area contributed by atoms with Crippen LogP contribution in [-0.4, -0.2) is 18.4 Å². The summed E-state index contributed by atoms with van der Waals surface area (Å²) in [6, 6.07) is 11.2. The molecule has 0 aliphatic heterocycles. The first-order chi connectivity index (χ1) is 13.6. The topological polar surface area (TPSA) is 59.9 Å². The van der Waals surface area contributed by atoms with E-state index in [-0.39, 0.29) is 11.3 Å². The number of hydrogen-bond donors (Lipinski definition) is 0. The van der Waals surface area contributed by atoms with Crippen molar-refractivity contribution in [2.45, 2.75) is 17.0 Å². The van der Waals surface area contributed by atoms with Crippen molar-refractivity contribution in [3.05, 3.63) is 83.9 Å². The quantitative estimate of drug-likeness (QED) is 0.433. The number of nitrogens with zero attached hydrogens (tertiary/aromatic N) is 2. The lowest BCUT2D eigenvalue weighted by Gasteiger charge is -2.15. The van der Waals surface area contributed by atoms with Crippen LogP contribution >= 0.6 is 0 Å². The number of alkyl halides is 3. The summed E-state index contributed by atoms with van der Waals surface area (Å²) in [6.07, 6.45) is -3.31. The Hall–Kier alpha value is -3.07. The van der Waals surface area contributed by atoms with Crippen LogP contribution in [0.15, 0.2) is 66.2 Å². The van der Waals surface area contributed by atoms with E-state index in [1.807, 2.05) is 0 Å². The standard InChI is InChI=1S/C20H14F4N2O2S/c1-2-13-6-3-4-7-15(13)19-16(20(22,23)24)11-10-14(25-19)12-29(27,28)18-9-5-8-17(21)26-18/h2-11H,1,12H2. The average molecular weight is 422 g/mol. The summed E-state index contributed by atoms with van der Waals surface area (Å²) in [6.45, 7) is 3.59. The number of rotatable bonds is 5. The van der Waals surface area contributed by atoms with Gasteiger partial charge in [-0.25, -0.2) is 13.4 Å². The number of benzene rings is 1. The van der Waals surface area contributed by atoms with Gasteiger partial charge in [-0.1, -0.05) is 43.0 Å². The predicted octanol–water partition coefficient (Wildman–Crippen LogP) is 4.92. The minimum absolute atomic E-state index is 0.127. The first kappa shape index (κ1) is 20.7. The Kier molecular flexibility index (Phi) is 5.52. The lowest BCUT2D eigenvalue weighted by molar-refractivity contribution is -0.137. The number of aromatic nitrogens is 2. The van der Waals surface area contributed by atoms with Crippen molar-refractivity contribution in [3.8, 4) is 11.3 Å². The summed E-state index contributed by atoms with van der Waals surface area (Å²) in [4.78, 5) is 7.31. The lowest BCUT2D eigenvalue weighted by atomic mass is 9.99. The first-order valence-corrected chi connectivity index (χ1v) is 9.91. The number of pyridine rings is 2. The van der Waals surface area contributed by atoms with Gasteiger partial charge in [-0.2, -0.15) is 17.6 Å². The van der Waals surface area contributed by atoms with Crippen LogP contribution in [0.5, 0.6) is 0 Å². The highest BCUT2D eigenvalue weighted by atomic mass is 32.2. The van der Waals surface area contributed by atoms with Crippen LogP contribution < -0.4 is 0 Å². The Morgan fingerprint density at radius 3 is 2.34 bits per heavy atom. The molecule has 150 valence electrons. The fourth-order valence-electron chi connectivity index (χ4n) is 2.74. The molecule has 0 aliphatic carbocycles. The Bertz CT molecular complexity index is 1180. The molecule has 0 saturated carbocycles. The summed E-state index contributed by atoms with van der Waals surface area (Å²) >= 11 is 0. The van der Waals surface area contributed by atoms with E-state index >= 15 is 0 Å². The maximum Gasteiger partial charge on any atom is 0.418 e. The monoisotopic (exact) mass is 422 g/mol. The van der Waals surface area contributed by atoms with Crippen LogP contribution in [-0.2, 0) is 21.8 Å². The van der Waals surface area contributed by atoms with E-state index in [9.17, 15) is 26.0 Å². The van der Waals surface area contributed by atoms with E-state index < -0.39 is 44.0 Å². The molecule has 0 fully saturated rings. The van der Waals surface area contributed by atoms with E-state index in [1.165, 1.54) is 18.2 Å². The summed E-state index contributed by atoms with van der Waals surface area (Å²) in [5.41, 5.74) is -0.960. The molecule has 0 N–H and O–H groups in total. The Morgan fingerprint density at radius 2 is 1.69 bits per heavy atom. The zero-order valence-electron chi connectivity index (χ0n) is 14.8. The zero-order valence-corrected chi connectivity index (χ0v) is 15.6. The Balaban J connectivity index is 2.12. The van der Waals surface area contributed by atoms with Gasteiger partial charge < -0.3 is 0 Å². The molecule has 4 nitrogen and oxygen atoms in total. The normalized spacial score (nSPS) is 12.0. The molecule has 2 heterocycles. The third kappa shape index (κ3) is 4.51. The van der Waals surface area contributed by atoms with Gasteiger partial charge in [-0.3, -0.25) is 4.98 Å². The van der Waals surface area contributed by atoms with E-state index in [2.05, 4.69) is 16.5 Å². The van der Waals surface area contributed by atoms with Crippen molar-refractivity contribution in [1.29, 1.82) is 0 Å². The summed E-state index contributed by atoms with van der Waals surface area (Å²) in [7, 11) is -4.11. The van der Waals surface area contributed by atoms with Gasteiger partial charge in [0.25, 0.3) is 0 Å². The molecule has 0 unspecified atom stereocenters. The van der Waals surface area contributed by atoms with Gasteiger partial charge in [0.1, 0.15) is 0 Å². The van der Waals surface area contributed by atoms with Crippen LogP contribution in [0.3, 0.4) is 0 Å². The van der Waals surface area contributed by atoms with E-state index in [4.69, 9.17) is 0 Å². The Morgan fingerprint density at radius 1 is 0.966 bits per heavy atom. The molecular weight excluding hydrogens is 408 g/mol. The SMILES string of the molecule is C=Cc1ccccc1-c1nc(CS(=O)(=O)c2cccc(F)n2)ccc1C(F)(F)F. The minimum atomic E-state index is -4.70. The highest BCUT2D eigenvalue weighted by molar-refractivity contribution is 7.90. The molecule has 3 aromatic rings. The summed E-state index contributed by atoms with van der Waals surface area (Å²) in [5, 5.41) is -0.521. The molecule has 0 bridgehead atoms. The van der Waals surface area contributed by atoms with Gasteiger partial charge >= 0.3 is 6.18 Å². The highest BCUT2D eigenvalue weighted by Crippen LogP contribution is 2.37. The molecule has 1 aromatic carbocycles. The Labute approximate surface area is 164 Å². The second-order valence-corrected chi connectivity index (χ2v) is 7.98. The van der Waals surface area contributed by atoms with Gasteiger partial charge in [0.05, 0.1) is 22.7 Å². The third-order valence-electron chi connectivity index (χ3n) is 4.04. The fourth-order valence-corrected chi connectivity index (χ4v) is 3.95. The number of sulfone groups is 1. The van der Waals surface area contributed by atoms with Crippen molar-refractivity contribution in [2.24, 2.45) is 0 Å². The van der Waals surface area contributed by atoms with Crippen LogP contribution in [0.2, 0.25) is 0 Å². The molecule has 29 heavy (non-hydrogen) atoms. The van der Waals surface area contributed by atoms with Crippen molar-refractivity contribution < 1.29 is 26.0 Å². The number of halogens is 4. The minimum Gasteiger partial charge on any atom is -0.251 e. The summed E-state index contributed by atoms with van der Waals surface area (Å²) < 4.78 is 78.8. The van der Waals surface area contributed by atoms with Crippen LogP contribution in [0.4, 0.5) is 17.6 Å². The van der Waals surface area contributed by atoms with Gasteiger partial charge in [-0.05, 0) is 29.8 Å². The van der Waals surface area contributed by atoms with Crippen LogP contribution in [0, 0.1) is 5.95 Å². The largest absolute Gasteiger partial charge is 0.418 e. The molecule has 9 heteroatoms. The summed E-state index contributed by atoms with van der Waals surface area (Å²) in [5.74, 6) is -1.71. The molecule has 3 rings (SSSR count). The molecule has 0 saturated heterocycles. The second kappa shape index (κ2) is 7.75. The van der Waals surface area contributed by atoms with Gasteiger partial charge in [0.15, 0.2) is 5.03 Å². The van der Waals surface area contributed by atoms with Crippen molar-refractivity contribution >= 4 is 15.9 Å². The van der Waals surface area contributed by atoms with Crippen molar-refractivity contribution in [2.75, 3.05) is 0 Å². The molecule has 0 amide bonds. The van der Waals surface area contributed by atoms with Gasteiger partial charge in [0, 0.05) is 5.56 Å². The van der Waals surface area contributed by atoms with Crippen LogP contribution in [0.25, 0.3) is 17.3 Å².